The Labute approximate surface area is 272 Å². The van der Waals surface area contributed by atoms with Gasteiger partial charge in [0, 0.05) is 5.41 Å². The zero-order valence-electron chi connectivity index (χ0n) is 29.0. The zero-order valence-corrected chi connectivity index (χ0v) is 29.0. The van der Waals surface area contributed by atoms with Gasteiger partial charge in [0.1, 0.15) is 12.4 Å². The molecule has 2 heteroatoms. The molecule has 3 rings (SSSR count). The normalized spacial score (nSPS) is 13.6. The third kappa shape index (κ3) is 12.9. The van der Waals surface area contributed by atoms with Gasteiger partial charge in [-0.25, -0.2) is 9.55 Å². The van der Waals surface area contributed by atoms with E-state index in [0.29, 0.717) is 5.92 Å². The van der Waals surface area contributed by atoms with E-state index >= 15 is 0 Å². The number of H-pyrrole nitrogens is 1. The molecule has 0 saturated heterocycles. The van der Waals surface area contributed by atoms with Crippen LogP contribution in [0.4, 0.5) is 0 Å². The van der Waals surface area contributed by atoms with E-state index < -0.39 is 0 Å². The third-order valence-electron chi connectivity index (χ3n) is 10.1. The number of hydrogen-bond acceptors (Lipinski definition) is 0. The Morgan fingerprint density at radius 1 is 0.591 bits per heavy atom. The highest BCUT2D eigenvalue weighted by Gasteiger charge is 2.41. The number of unbranched alkanes of at least 4 members (excludes halogenated alkanes) is 17. The Kier molecular flexibility index (Phi) is 18.2. The number of aryl methyl sites for hydroxylation is 1. The van der Waals surface area contributed by atoms with E-state index in [1.165, 1.54) is 145 Å². The first-order chi connectivity index (χ1) is 21.7. The number of benzene rings is 2. The summed E-state index contributed by atoms with van der Waals surface area (Å²) in [6.07, 6.45) is 33.2. The van der Waals surface area contributed by atoms with Crippen molar-refractivity contribution < 1.29 is 4.57 Å². The van der Waals surface area contributed by atoms with Gasteiger partial charge in [-0.05, 0) is 36.8 Å². The second-order valence-electron chi connectivity index (χ2n) is 13.8. The summed E-state index contributed by atoms with van der Waals surface area (Å²) in [6, 6.07) is 22.6. The lowest BCUT2D eigenvalue weighted by molar-refractivity contribution is -0.705. The summed E-state index contributed by atoms with van der Waals surface area (Å²) >= 11 is 0. The molecular weight excluding hydrogens is 532 g/mol. The monoisotopic (exact) mass is 600 g/mol. The van der Waals surface area contributed by atoms with E-state index in [2.05, 4.69) is 103 Å². The van der Waals surface area contributed by atoms with Gasteiger partial charge in [-0.2, -0.15) is 0 Å². The molecule has 2 atom stereocenters. The van der Waals surface area contributed by atoms with E-state index in [0.717, 1.165) is 13.0 Å². The fourth-order valence-corrected chi connectivity index (χ4v) is 7.32. The number of rotatable bonds is 26. The standard InChI is InChI=1S/C42H66N2/c1-4-6-8-10-11-12-13-14-15-16-17-18-19-20-27-33-40(41-43-34-36-44(41)35-28-9-7-5-2)42(3,39-31-25-22-26-32-39)37-38-29-23-21-24-30-38/h21-26,29-32,34,36,40H,4-20,27-28,33,35,37H2,1-3H3/p+1. The maximum Gasteiger partial charge on any atom is 0.258 e. The molecule has 0 amide bonds. The molecule has 0 aliphatic heterocycles. The number of nitrogens with zero attached hydrogens (tertiary/aromatic N) is 1. The van der Waals surface area contributed by atoms with Gasteiger partial charge in [-0.3, -0.25) is 0 Å². The van der Waals surface area contributed by atoms with Crippen molar-refractivity contribution in [2.45, 2.75) is 173 Å². The summed E-state index contributed by atoms with van der Waals surface area (Å²) < 4.78 is 2.55. The lowest BCUT2D eigenvalue weighted by atomic mass is 9.66. The molecule has 44 heavy (non-hydrogen) atoms. The molecule has 0 fully saturated rings. The fourth-order valence-electron chi connectivity index (χ4n) is 7.32. The summed E-state index contributed by atoms with van der Waals surface area (Å²) in [5.74, 6) is 1.86. The molecule has 2 nitrogen and oxygen atoms in total. The average Bonchev–Trinajstić information content (AvgIpc) is 3.51. The van der Waals surface area contributed by atoms with Crippen molar-refractivity contribution in [2.24, 2.45) is 0 Å². The van der Waals surface area contributed by atoms with Gasteiger partial charge in [0.2, 0.25) is 0 Å². The molecule has 1 N–H and O–H groups in total. The molecule has 0 aliphatic carbocycles. The minimum Gasteiger partial charge on any atom is -0.247 e. The molecule has 244 valence electrons. The highest BCUT2D eigenvalue weighted by molar-refractivity contribution is 5.32. The Bertz CT molecular complexity index is 1070. The van der Waals surface area contributed by atoms with Crippen LogP contribution in [0.3, 0.4) is 0 Å². The summed E-state index contributed by atoms with van der Waals surface area (Å²) in [4.78, 5) is 3.77. The third-order valence-corrected chi connectivity index (χ3v) is 10.1. The van der Waals surface area contributed by atoms with Crippen molar-refractivity contribution in [3.8, 4) is 0 Å². The van der Waals surface area contributed by atoms with Crippen LogP contribution < -0.4 is 4.57 Å². The molecule has 0 spiro atoms. The van der Waals surface area contributed by atoms with Crippen LogP contribution in [0.25, 0.3) is 0 Å². The lowest BCUT2D eigenvalue weighted by Crippen LogP contribution is -2.43. The Hall–Kier alpha value is -2.35. The van der Waals surface area contributed by atoms with E-state index in [1.807, 2.05) is 0 Å². The van der Waals surface area contributed by atoms with Crippen LogP contribution in [0, 0.1) is 0 Å². The summed E-state index contributed by atoms with van der Waals surface area (Å²) in [6.45, 7) is 8.26. The van der Waals surface area contributed by atoms with E-state index in [-0.39, 0.29) is 5.41 Å². The SMILES string of the molecule is CCCCCCCCCCCCCCCCCC(c1[nH]cc[n+]1CCCCCC)C(C)(Cc1ccccc1)c1ccccc1. The Morgan fingerprint density at radius 2 is 1.07 bits per heavy atom. The Balaban J connectivity index is 1.57. The fraction of sp³-hybridized carbons (Fsp3) is 0.643. The van der Waals surface area contributed by atoms with Gasteiger partial charge < -0.3 is 0 Å². The highest BCUT2D eigenvalue weighted by atomic mass is 15.1. The van der Waals surface area contributed by atoms with Crippen LogP contribution in [0.1, 0.15) is 172 Å². The quantitative estimate of drug-likeness (QED) is 0.0699. The molecule has 3 aromatic rings. The van der Waals surface area contributed by atoms with E-state index in [1.54, 1.807) is 0 Å². The molecule has 0 bridgehead atoms. The minimum atomic E-state index is 0.00857. The molecule has 1 heterocycles. The summed E-state index contributed by atoms with van der Waals surface area (Å²) in [5.41, 5.74) is 2.90. The van der Waals surface area contributed by atoms with E-state index in [9.17, 15) is 0 Å². The molecule has 0 aliphatic rings. The van der Waals surface area contributed by atoms with Crippen LogP contribution in [-0.4, -0.2) is 4.98 Å². The van der Waals surface area contributed by atoms with Crippen LogP contribution in [0.15, 0.2) is 73.1 Å². The first kappa shape index (κ1) is 36.1. The first-order valence-corrected chi connectivity index (χ1v) is 18.8. The average molecular weight is 600 g/mol. The second kappa shape index (κ2) is 22.2. The van der Waals surface area contributed by atoms with Crippen molar-refractivity contribution in [1.82, 2.24) is 4.98 Å². The molecule has 1 aromatic heterocycles. The predicted octanol–water partition coefficient (Wildman–Crippen LogP) is 12.4. The maximum atomic E-state index is 3.77. The zero-order chi connectivity index (χ0) is 31.1. The maximum absolute atomic E-state index is 3.77. The second-order valence-corrected chi connectivity index (χ2v) is 13.8. The number of nitrogens with one attached hydrogen (secondary N) is 1. The van der Waals surface area contributed by atoms with Crippen LogP contribution in [0.5, 0.6) is 0 Å². The Morgan fingerprint density at radius 3 is 1.61 bits per heavy atom. The van der Waals surface area contributed by atoms with Crippen LogP contribution >= 0.6 is 0 Å². The number of imidazole rings is 1. The highest BCUT2D eigenvalue weighted by Crippen LogP contribution is 2.43. The first-order valence-electron chi connectivity index (χ1n) is 18.8. The number of hydrogen-bond donors (Lipinski definition) is 1. The van der Waals surface area contributed by atoms with Crippen molar-refractivity contribution in [2.75, 3.05) is 0 Å². The van der Waals surface area contributed by atoms with Gasteiger partial charge in [0.05, 0.1) is 12.5 Å². The van der Waals surface area contributed by atoms with Gasteiger partial charge in [0.25, 0.3) is 5.82 Å². The summed E-state index contributed by atoms with van der Waals surface area (Å²) in [7, 11) is 0. The van der Waals surface area contributed by atoms with Crippen molar-refractivity contribution in [3.05, 3.63) is 90.0 Å². The summed E-state index contributed by atoms with van der Waals surface area (Å²) in [5, 5.41) is 0. The molecular formula is C42H67N2+. The van der Waals surface area contributed by atoms with Gasteiger partial charge in [-0.1, -0.05) is 191 Å². The van der Waals surface area contributed by atoms with Crippen molar-refractivity contribution in [1.29, 1.82) is 0 Å². The van der Waals surface area contributed by atoms with Gasteiger partial charge in [0.15, 0.2) is 0 Å². The lowest BCUT2D eigenvalue weighted by Gasteiger charge is -2.37. The van der Waals surface area contributed by atoms with Gasteiger partial charge in [-0.15, -0.1) is 0 Å². The topological polar surface area (TPSA) is 19.7 Å². The van der Waals surface area contributed by atoms with E-state index in [4.69, 9.17) is 0 Å². The van der Waals surface area contributed by atoms with Crippen molar-refractivity contribution >= 4 is 0 Å². The molecule has 2 unspecified atom stereocenters. The molecule has 0 radical (unpaired) electrons. The number of aromatic amines is 1. The van der Waals surface area contributed by atoms with Gasteiger partial charge >= 0.3 is 0 Å². The smallest absolute Gasteiger partial charge is 0.247 e. The minimum absolute atomic E-state index is 0.00857. The number of aromatic nitrogens is 2. The molecule has 0 saturated carbocycles. The largest absolute Gasteiger partial charge is 0.258 e. The molecule has 2 aromatic carbocycles. The predicted molar refractivity (Wildman–Crippen MR) is 191 cm³/mol. The van der Waals surface area contributed by atoms with Crippen molar-refractivity contribution in [3.63, 3.8) is 0 Å². The van der Waals surface area contributed by atoms with Crippen LogP contribution in [-0.2, 0) is 18.4 Å². The van der Waals surface area contributed by atoms with Crippen LogP contribution in [0.2, 0.25) is 0 Å².